The topological polar surface area (TPSA) is 66.1 Å². The average molecular weight is 267 g/mol. The second-order valence-electron chi connectivity index (χ2n) is 4.71. The average Bonchev–Trinajstić information content (AvgIpc) is 3.03. The van der Waals surface area contributed by atoms with E-state index in [0.29, 0.717) is 23.9 Å². The standard InChI is InChI=1S/C12H17N3O2S/c1-4-7-15(8-11-5-6-11)18(16,17)12-9(2)13-14-10(12)3/h1,11H,5-8H2,2-3H3,(H,13,14). The third kappa shape index (κ3) is 2.42. The number of aryl methyl sites for hydroxylation is 2. The number of aromatic nitrogens is 2. The summed E-state index contributed by atoms with van der Waals surface area (Å²) in [6.07, 6.45) is 7.44. The Balaban J connectivity index is 2.35. The molecule has 1 aromatic rings. The van der Waals surface area contributed by atoms with Gasteiger partial charge in [0.2, 0.25) is 10.0 Å². The molecular weight excluding hydrogens is 250 g/mol. The van der Waals surface area contributed by atoms with Crippen molar-refractivity contribution >= 4 is 10.0 Å². The van der Waals surface area contributed by atoms with Crippen LogP contribution in [0.15, 0.2) is 4.90 Å². The summed E-state index contributed by atoms with van der Waals surface area (Å²) in [5.74, 6) is 2.88. The van der Waals surface area contributed by atoms with Crippen LogP contribution in [-0.4, -0.2) is 36.0 Å². The highest BCUT2D eigenvalue weighted by Gasteiger charge is 2.33. The lowest BCUT2D eigenvalue weighted by Crippen LogP contribution is -2.34. The lowest BCUT2D eigenvalue weighted by Gasteiger charge is -2.19. The van der Waals surface area contributed by atoms with Crippen LogP contribution in [-0.2, 0) is 10.0 Å². The quantitative estimate of drug-likeness (QED) is 0.811. The Morgan fingerprint density at radius 2 is 2.17 bits per heavy atom. The maximum atomic E-state index is 12.6. The zero-order valence-electron chi connectivity index (χ0n) is 10.6. The van der Waals surface area contributed by atoms with Crippen molar-refractivity contribution < 1.29 is 8.42 Å². The van der Waals surface area contributed by atoms with E-state index in [4.69, 9.17) is 6.42 Å². The molecule has 0 spiro atoms. The van der Waals surface area contributed by atoms with Crippen LogP contribution in [0, 0.1) is 32.1 Å². The first kappa shape index (κ1) is 13.1. The minimum absolute atomic E-state index is 0.114. The van der Waals surface area contributed by atoms with Gasteiger partial charge in [-0.25, -0.2) is 8.42 Å². The number of H-pyrrole nitrogens is 1. The van der Waals surface area contributed by atoms with Crippen molar-refractivity contribution in [1.29, 1.82) is 0 Å². The molecule has 0 atom stereocenters. The number of nitrogens with one attached hydrogen (secondary N) is 1. The van der Waals surface area contributed by atoms with Gasteiger partial charge in [0.25, 0.3) is 0 Å². The van der Waals surface area contributed by atoms with Gasteiger partial charge in [-0.2, -0.15) is 9.40 Å². The molecule has 1 saturated carbocycles. The fourth-order valence-electron chi connectivity index (χ4n) is 1.99. The van der Waals surface area contributed by atoms with Crippen molar-refractivity contribution in [2.24, 2.45) is 5.92 Å². The maximum absolute atomic E-state index is 12.6. The van der Waals surface area contributed by atoms with Crippen LogP contribution < -0.4 is 0 Å². The highest BCUT2D eigenvalue weighted by molar-refractivity contribution is 7.89. The Morgan fingerprint density at radius 1 is 1.50 bits per heavy atom. The second-order valence-corrected chi connectivity index (χ2v) is 6.58. The van der Waals surface area contributed by atoms with Crippen LogP contribution in [0.1, 0.15) is 24.2 Å². The lowest BCUT2D eigenvalue weighted by atomic mass is 10.4. The lowest BCUT2D eigenvalue weighted by molar-refractivity contribution is 0.429. The zero-order valence-corrected chi connectivity index (χ0v) is 11.4. The van der Waals surface area contributed by atoms with Crippen molar-refractivity contribution in [3.8, 4) is 12.3 Å². The van der Waals surface area contributed by atoms with Crippen LogP contribution in [0.3, 0.4) is 0 Å². The van der Waals surface area contributed by atoms with Crippen molar-refractivity contribution in [2.75, 3.05) is 13.1 Å². The van der Waals surface area contributed by atoms with Crippen LogP contribution in [0.25, 0.3) is 0 Å². The smallest absolute Gasteiger partial charge is 0.247 e. The minimum Gasteiger partial charge on any atom is -0.281 e. The SMILES string of the molecule is C#CCN(CC1CC1)S(=O)(=O)c1c(C)n[nH]c1C. The number of aromatic amines is 1. The Bertz CT molecular complexity index is 559. The molecule has 2 rings (SSSR count). The van der Waals surface area contributed by atoms with E-state index in [1.807, 2.05) is 0 Å². The molecule has 1 aliphatic carbocycles. The van der Waals surface area contributed by atoms with Crippen molar-refractivity contribution in [3.05, 3.63) is 11.4 Å². The summed E-state index contributed by atoms with van der Waals surface area (Å²) in [6.45, 7) is 4.01. The van der Waals surface area contributed by atoms with Crippen molar-refractivity contribution in [2.45, 2.75) is 31.6 Å². The van der Waals surface area contributed by atoms with E-state index in [-0.39, 0.29) is 11.4 Å². The van der Waals surface area contributed by atoms with Crippen LogP contribution >= 0.6 is 0 Å². The summed E-state index contributed by atoms with van der Waals surface area (Å²) in [4.78, 5) is 0.262. The van der Waals surface area contributed by atoms with E-state index < -0.39 is 10.0 Å². The number of nitrogens with zero attached hydrogens (tertiary/aromatic N) is 2. The number of hydrogen-bond donors (Lipinski definition) is 1. The van der Waals surface area contributed by atoms with E-state index in [1.165, 1.54) is 4.31 Å². The fraction of sp³-hybridized carbons (Fsp3) is 0.583. The molecule has 0 unspecified atom stereocenters. The molecule has 6 heteroatoms. The molecule has 0 amide bonds. The zero-order chi connectivity index (χ0) is 13.3. The molecule has 1 N–H and O–H groups in total. The summed E-state index contributed by atoms with van der Waals surface area (Å²) >= 11 is 0. The molecular formula is C12H17N3O2S. The Hall–Kier alpha value is -1.32. The molecule has 18 heavy (non-hydrogen) atoms. The van der Waals surface area contributed by atoms with Crippen LogP contribution in [0.2, 0.25) is 0 Å². The first-order chi connectivity index (χ1) is 8.46. The number of sulfonamides is 1. The predicted molar refractivity (Wildman–Crippen MR) is 68.4 cm³/mol. The van der Waals surface area contributed by atoms with Gasteiger partial charge in [-0.1, -0.05) is 5.92 Å². The molecule has 0 bridgehead atoms. The molecule has 0 saturated heterocycles. The maximum Gasteiger partial charge on any atom is 0.247 e. The molecule has 0 aliphatic heterocycles. The second kappa shape index (κ2) is 4.75. The first-order valence-corrected chi connectivity index (χ1v) is 7.36. The third-order valence-electron chi connectivity index (χ3n) is 3.08. The predicted octanol–water partition coefficient (Wildman–Crippen LogP) is 1.06. The highest BCUT2D eigenvalue weighted by Crippen LogP contribution is 2.32. The molecule has 1 heterocycles. The number of hydrogen-bond acceptors (Lipinski definition) is 3. The van der Waals surface area contributed by atoms with Gasteiger partial charge in [0, 0.05) is 6.54 Å². The molecule has 1 aliphatic rings. The van der Waals surface area contributed by atoms with Gasteiger partial charge in [0.05, 0.1) is 17.9 Å². The van der Waals surface area contributed by atoms with Crippen molar-refractivity contribution in [3.63, 3.8) is 0 Å². The van der Waals surface area contributed by atoms with Gasteiger partial charge >= 0.3 is 0 Å². The molecule has 1 aromatic heterocycles. The third-order valence-corrected chi connectivity index (χ3v) is 5.16. The summed E-state index contributed by atoms with van der Waals surface area (Å²) in [7, 11) is -3.54. The van der Waals surface area contributed by atoms with Gasteiger partial charge in [-0.05, 0) is 32.6 Å². The van der Waals surface area contributed by atoms with Gasteiger partial charge in [-0.15, -0.1) is 6.42 Å². The number of terminal acetylenes is 1. The molecule has 0 radical (unpaired) electrons. The van der Waals surface area contributed by atoms with E-state index in [2.05, 4.69) is 16.1 Å². The largest absolute Gasteiger partial charge is 0.281 e. The summed E-state index contributed by atoms with van der Waals surface area (Å²) in [6, 6.07) is 0. The van der Waals surface area contributed by atoms with Gasteiger partial charge in [-0.3, -0.25) is 5.10 Å². The van der Waals surface area contributed by atoms with E-state index >= 15 is 0 Å². The van der Waals surface area contributed by atoms with Gasteiger partial charge in [0.15, 0.2) is 0 Å². The molecule has 0 aromatic carbocycles. The minimum atomic E-state index is -3.54. The van der Waals surface area contributed by atoms with Crippen molar-refractivity contribution in [1.82, 2.24) is 14.5 Å². The first-order valence-electron chi connectivity index (χ1n) is 5.92. The molecule has 98 valence electrons. The van der Waals surface area contributed by atoms with Gasteiger partial charge in [0.1, 0.15) is 4.90 Å². The summed E-state index contributed by atoms with van der Waals surface area (Å²) in [5.41, 5.74) is 1.05. The summed E-state index contributed by atoms with van der Waals surface area (Å²) in [5, 5.41) is 6.64. The Labute approximate surface area is 108 Å². The normalized spacial score (nSPS) is 15.9. The van der Waals surface area contributed by atoms with Crippen LogP contribution in [0.5, 0.6) is 0 Å². The van der Waals surface area contributed by atoms with E-state index in [9.17, 15) is 8.42 Å². The van der Waals surface area contributed by atoms with Crippen LogP contribution in [0.4, 0.5) is 0 Å². The molecule has 5 nitrogen and oxygen atoms in total. The Kier molecular flexibility index (Phi) is 3.46. The summed E-state index contributed by atoms with van der Waals surface area (Å²) < 4.78 is 26.5. The van der Waals surface area contributed by atoms with E-state index in [0.717, 1.165) is 12.8 Å². The van der Waals surface area contributed by atoms with E-state index in [1.54, 1.807) is 13.8 Å². The number of rotatable bonds is 5. The highest BCUT2D eigenvalue weighted by atomic mass is 32.2. The monoisotopic (exact) mass is 267 g/mol. The Morgan fingerprint density at radius 3 is 2.61 bits per heavy atom. The van der Waals surface area contributed by atoms with Gasteiger partial charge < -0.3 is 0 Å². The molecule has 1 fully saturated rings. The fourth-order valence-corrected chi connectivity index (χ4v) is 3.75.